The second kappa shape index (κ2) is 5.77. The van der Waals surface area contributed by atoms with Crippen molar-refractivity contribution in [1.29, 1.82) is 0 Å². The molecule has 3 aromatic rings. The predicted molar refractivity (Wildman–Crippen MR) is 85.1 cm³/mol. The zero-order valence-corrected chi connectivity index (χ0v) is 13.2. The number of nitrogens with zero attached hydrogens (tertiary/aromatic N) is 4. The quantitative estimate of drug-likeness (QED) is 0.723. The maximum absolute atomic E-state index is 5.52. The molecule has 1 aliphatic carbocycles. The van der Waals surface area contributed by atoms with Crippen LogP contribution in [0.3, 0.4) is 0 Å². The number of fused-ring (bicyclic) bond motifs is 1. The average molecular weight is 312 g/mol. The molecule has 0 amide bonds. The average Bonchev–Trinajstić information content (AvgIpc) is 3.31. The van der Waals surface area contributed by atoms with E-state index < -0.39 is 0 Å². The summed E-state index contributed by atoms with van der Waals surface area (Å²) in [6.07, 6.45) is 9.28. The summed E-state index contributed by atoms with van der Waals surface area (Å²) >= 11 is 0. The van der Waals surface area contributed by atoms with Gasteiger partial charge in [-0.25, -0.2) is 4.98 Å². The second-order valence-corrected chi connectivity index (χ2v) is 6.27. The molecule has 0 saturated heterocycles. The molecule has 0 aliphatic heterocycles. The number of ether oxygens (including phenoxy) is 1. The molecule has 0 aromatic carbocycles. The van der Waals surface area contributed by atoms with E-state index in [1.807, 2.05) is 28.8 Å². The van der Waals surface area contributed by atoms with Crippen molar-refractivity contribution >= 4 is 5.52 Å². The fourth-order valence-corrected chi connectivity index (χ4v) is 3.53. The third kappa shape index (κ3) is 2.53. The van der Waals surface area contributed by atoms with Gasteiger partial charge in [0, 0.05) is 30.8 Å². The third-order valence-corrected chi connectivity index (χ3v) is 4.88. The molecule has 1 aliphatic rings. The molecule has 1 saturated carbocycles. The van der Waals surface area contributed by atoms with Crippen molar-refractivity contribution in [3.8, 4) is 11.6 Å². The van der Waals surface area contributed by atoms with Gasteiger partial charge in [0.15, 0.2) is 5.82 Å². The number of methoxy groups -OCH3 is 1. The normalized spacial score (nSPS) is 17.1. The van der Waals surface area contributed by atoms with Gasteiger partial charge in [-0.2, -0.15) is 4.98 Å². The van der Waals surface area contributed by atoms with Crippen LogP contribution in [0.2, 0.25) is 0 Å². The Balaban J connectivity index is 1.67. The molecular formula is C17H20N4O2. The van der Waals surface area contributed by atoms with Crippen LogP contribution in [0.15, 0.2) is 35.2 Å². The molecule has 0 unspecified atom stereocenters. The molecule has 120 valence electrons. The molecule has 0 bridgehead atoms. The van der Waals surface area contributed by atoms with Crippen molar-refractivity contribution in [2.75, 3.05) is 13.7 Å². The number of aromatic nitrogens is 4. The molecule has 6 nitrogen and oxygen atoms in total. The van der Waals surface area contributed by atoms with Crippen LogP contribution in [0.5, 0.6) is 0 Å². The summed E-state index contributed by atoms with van der Waals surface area (Å²) in [5.41, 5.74) is 1.77. The van der Waals surface area contributed by atoms with Gasteiger partial charge in [0.1, 0.15) is 5.69 Å². The highest BCUT2D eigenvalue weighted by Crippen LogP contribution is 2.42. The minimum Gasteiger partial charge on any atom is -0.385 e. The lowest BCUT2D eigenvalue weighted by molar-refractivity contribution is 0.163. The van der Waals surface area contributed by atoms with Gasteiger partial charge < -0.3 is 13.7 Å². The van der Waals surface area contributed by atoms with Crippen LogP contribution < -0.4 is 0 Å². The SMILES string of the molecule is COCCC1(c2noc(-c3cc4cccn4cn3)n2)CCCC1. The van der Waals surface area contributed by atoms with E-state index in [1.165, 1.54) is 12.8 Å². The lowest BCUT2D eigenvalue weighted by atomic mass is 9.82. The molecule has 23 heavy (non-hydrogen) atoms. The molecule has 0 spiro atoms. The van der Waals surface area contributed by atoms with Crippen LogP contribution in [-0.4, -0.2) is 33.2 Å². The highest BCUT2D eigenvalue weighted by Gasteiger charge is 2.39. The van der Waals surface area contributed by atoms with Gasteiger partial charge in [-0.05, 0) is 37.5 Å². The maximum Gasteiger partial charge on any atom is 0.276 e. The van der Waals surface area contributed by atoms with E-state index in [4.69, 9.17) is 9.26 Å². The molecule has 3 aromatic heterocycles. The summed E-state index contributed by atoms with van der Waals surface area (Å²) < 4.78 is 12.8. The van der Waals surface area contributed by atoms with Gasteiger partial charge in [-0.3, -0.25) is 0 Å². The van der Waals surface area contributed by atoms with Crippen LogP contribution in [0.4, 0.5) is 0 Å². The van der Waals surface area contributed by atoms with Crippen molar-refractivity contribution in [1.82, 2.24) is 19.5 Å². The van der Waals surface area contributed by atoms with Gasteiger partial charge in [-0.1, -0.05) is 18.0 Å². The molecular weight excluding hydrogens is 292 g/mol. The summed E-state index contributed by atoms with van der Waals surface area (Å²) in [5, 5.41) is 4.28. The lowest BCUT2D eigenvalue weighted by Gasteiger charge is -2.24. The molecule has 6 heteroatoms. The molecule has 3 heterocycles. The van der Waals surface area contributed by atoms with Crippen LogP contribution >= 0.6 is 0 Å². The summed E-state index contributed by atoms with van der Waals surface area (Å²) in [5.74, 6) is 1.30. The van der Waals surface area contributed by atoms with Crippen molar-refractivity contribution in [3.63, 3.8) is 0 Å². The van der Waals surface area contributed by atoms with Crippen LogP contribution in [-0.2, 0) is 10.2 Å². The molecule has 1 fully saturated rings. The van der Waals surface area contributed by atoms with E-state index in [0.717, 1.165) is 42.9 Å². The Morgan fingerprint density at radius 2 is 2.22 bits per heavy atom. The topological polar surface area (TPSA) is 65.5 Å². The zero-order valence-electron chi connectivity index (χ0n) is 13.2. The minimum atomic E-state index is -0.00306. The summed E-state index contributed by atoms with van der Waals surface area (Å²) in [6.45, 7) is 0.720. The highest BCUT2D eigenvalue weighted by molar-refractivity contribution is 5.58. The second-order valence-electron chi connectivity index (χ2n) is 6.27. The van der Waals surface area contributed by atoms with Crippen molar-refractivity contribution in [2.24, 2.45) is 0 Å². The fourth-order valence-electron chi connectivity index (χ4n) is 3.53. The largest absolute Gasteiger partial charge is 0.385 e. The predicted octanol–water partition coefficient (Wildman–Crippen LogP) is 3.23. The van der Waals surface area contributed by atoms with E-state index in [1.54, 1.807) is 13.4 Å². The van der Waals surface area contributed by atoms with Gasteiger partial charge >= 0.3 is 0 Å². The van der Waals surface area contributed by atoms with E-state index in [0.29, 0.717) is 5.89 Å². The standard InChI is InChI=1S/C17H20N4O2/c1-22-10-8-17(6-2-3-7-17)16-19-15(23-20-16)14-11-13-5-4-9-21(13)12-18-14/h4-5,9,11-12H,2-3,6-8,10H2,1H3. The Hall–Kier alpha value is -2.21. The van der Waals surface area contributed by atoms with Crippen molar-refractivity contribution in [2.45, 2.75) is 37.5 Å². The Morgan fingerprint density at radius 3 is 3.04 bits per heavy atom. The van der Waals surface area contributed by atoms with Crippen molar-refractivity contribution in [3.05, 3.63) is 36.5 Å². The molecule has 0 atom stereocenters. The van der Waals surface area contributed by atoms with Crippen molar-refractivity contribution < 1.29 is 9.26 Å². The first-order chi connectivity index (χ1) is 11.3. The van der Waals surface area contributed by atoms with E-state index in [-0.39, 0.29) is 5.41 Å². The zero-order chi connectivity index (χ0) is 15.7. The first kappa shape index (κ1) is 14.4. The van der Waals surface area contributed by atoms with Crippen LogP contribution in [0.1, 0.15) is 37.9 Å². The van der Waals surface area contributed by atoms with E-state index >= 15 is 0 Å². The monoisotopic (exact) mass is 312 g/mol. The van der Waals surface area contributed by atoms with Gasteiger partial charge in [0.05, 0.1) is 6.33 Å². The van der Waals surface area contributed by atoms with E-state index in [2.05, 4.69) is 15.1 Å². The third-order valence-electron chi connectivity index (χ3n) is 4.88. The fraction of sp³-hybridized carbons (Fsp3) is 0.471. The number of hydrogen-bond donors (Lipinski definition) is 0. The lowest BCUT2D eigenvalue weighted by Crippen LogP contribution is -2.25. The maximum atomic E-state index is 5.52. The Kier molecular flexibility index (Phi) is 3.61. The first-order valence-electron chi connectivity index (χ1n) is 8.07. The van der Waals surface area contributed by atoms with Gasteiger partial charge in [0.2, 0.25) is 0 Å². The van der Waals surface area contributed by atoms with Crippen LogP contribution in [0, 0.1) is 0 Å². The van der Waals surface area contributed by atoms with E-state index in [9.17, 15) is 0 Å². The Morgan fingerprint density at radius 1 is 1.35 bits per heavy atom. The van der Waals surface area contributed by atoms with Gasteiger partial charge in [-0.15, -0.1) is 0 Å². The summed E-state index contributed by atoms with van der Waals surface area (Å²) in [6, 6.07) is 5.98. The molecule has 0 radical (unpaired) electrons. The van der Waals surface area contributed by atoms with Gasteiger partial charge in [0.25, 0.3) is 5.89 Å². The Bertz CT molecular complexity index is 802. The molecule has 0 N–H and O–H groups in total. The van der Waals surface area contributed by atoms with Crippen LogP contribution in [0.25, 0.3) is 17.1 Å². The summed E-state index contributed by atoms with van der Waals surface area (Å²) in [7, 11) is 1.74. The Labute approximate surface area is 134 Å². The molecule has 4 rings (SSSR count). The minimum absolute atomic E-state index is 0.00306. The number of hydrogen-bond acceptors (Lipinski definition) is 5. The number of rotatable bonds is 5. The summed E-state index contributed by atoms with van der Waals surface area (Å²) in [4.78, 5) is 9.09. The highest BCUT2D eigenvalue weighted by atomic mass is 16.5. The smallest absolute Gasteiger partial charge is 0.276 e. The first-order valence-corrected chi connectivity index (χ1v) is 8.07.